The van der Waals surface area contributed by atoms with Crippen molar-refractivity contribution in [1.29, 1.82) is 0 Å². The van der Waals surface area contributed by atoms with Crippen LogP contribution in [0, 0.1) is 0 Å². The Bertz CT molecular complexity index is 229. The van der Waals surface area contributed by atoms with Crippen molar-refractivity contribution in [2.45, 2.75) is 26.9 Å². The molecule has 0 rings (SSSR count). The van der Waals surface area contributed by atoms with Crippen molar-refractivity contribution in [3.05, 3.63) is 0 Å². The highest BCUT2D eigenvalue weighted by Crippen LogP contribution is 1.96. The van der Waals surface area contributed by atoms with Crippen LogP contribution in [-0.4, -0.2) is 55.1 Å². The summed E-state index contributed by atoms with van der Waals surface area (Å²) in [6, 6.07) is 0. The number of ether oxygens (including phenoxy) is 1. The Labute approximate surface area is 91.0 Å². The largest absolute Gasteiger partial charge is 0.447 e. The summed E-state index contributed by atoms with van der Waals surface area (Å²) in [7, 11) is 3.35. The summed E-state index contributed by atoms with van der Waals surface area (Å²) < 4.78 is 4.99. The summed E-state index contributed by atoms with van der Waals surface area (Å²) in [5.41, 5.74) is 0. The normalized spacial score (nSPS) is 10.0. The van der Waals surface area contributed by atoms with Gasteiger partial charge in [0.05, 0.1) is 6.10 Å². The molecule has 2 amide bonds. The van der Waals surface area contributed by atoms with Gasteiger partial charge in [-0.05, 0) is 13.8 Å². The van der Waals surface area contributed by atoms with Crippen LogP contribution < -0.4 is 0 Å². The van der Waals surface area contributed by atoms with Gasteiger partial charge in [0.2, 0.25) is 5.91 Å². The van der Waals surface area contributed by atoms with Crippen molar-refractivity contribution in [3.8, 4) is 0 Å². The molecule has 0 atom stereocenters. The van der Waals surface area contributed by atoms with Gasteiger partial charge in [-0.1, -0.05) is 0 Å². The van der Waals surface area contributed by atoms with E-state index in [1.165, 1.54) is 11.8 Å². The molecule has 0 aliphatic heterocycles. The van der Waals surface area contributed by atoms with Crippen LogP contribution in [0.4, 0.5) is 4.79 Å². The van der Waals surface area contributed by atoms with Crippen molar-refractivity contribution < 1.29 is 14.3 Å². The van der Waals surface area contributed by atoms with E-state index in [1.54, 1.807) is 32.8 Å². The number of likely N-dealkylation sites (N-methyl/N-ethyl adjacent to an activating group) is 2. The van der Waals surface area contributed by atoms with Gasteiger partial charge in [0, 0.05) is 34.1 Å². The fourth-order valence-corrected chi connectivity index (χ4v) is 0.840. The number of hydrogen-bond acceptors (Lipinski definition) is 3. The minimum atomic E-state index is -0.359. The summed E-state index contributed by atoms with van der Waals surface area (Å²) >= 11 is 0. The minimum absolute atomic E-state index is 0.0133. The predicted octanol–water partition coefficient (Wildman–Crippen LogP) is 0.942. The lowest BCUT2D eigenvalue weighted by molar-refractivity contribution is -0.127. The molecule has 0 spiro atoms. The van der Waals surface area contributed by atoms with Crippen LogP contribution in [0.5, 0.6) is 0 Å². The first-order chi connectivity index (χ1) is 6.84. The van der Waals surface area contributed by atoms with Crippen LogP contribution in [0.1, 0.15) is 20.8 Å². The van der Waals surface area contributed by atoms with Crippen molar-refractivity contribution in [2.75, 3.05) is 27.2 Å². The van der Waals surface area contributed by atoms with Crippen molar-refractivity contribution in [2.24, 2.45) is 0 Å². The highest BCUT2D eigenvalue weighted by molar-refractivity contribution is 5.73. The maximum Gasteiger partial charge on any atom is 0.409 e. The van der Waals surface area contributed by atoms with E-state index in [0.717, 1.165) is 0 Å². The summed E-state index contributed by atoms with van der Waals surface area (Å²) in [5, 5.41) is 0. The minimum Gasteiger partial charge on any atom is -0.447 e. The molecular formula is C10H20N2O3. The molecule has 0 unspecified atom stereocenters. The fourth-order valence-electron chi connectivity index (χ4n) is 0.840. The second-order valence-corrected chi connectivity index (χ2v) is 3.79. The van der Waals surface area contributed by atoms with E-state index in [1.807, 2.05) is 0 Å². The van der Waals surface area contributed by atoms with Gasteiger partial charge in [0.25, 0.3) is 0 Å². The monoisotopic (exact) mass is 216 g/mol. The second-order valence-electron chi connectivity index (χ2n) is 3.79. The van der Waals surface area contributed by atoms with Crippen LogP contribution in [-0.2, 0) is 9.53 Å². The first-order valence-corrected chi connectivity index (χ1v) is 4.98. The highest BCUT2D eigenvalue weighted by atomic mass is 16.6. The van der Waals surface area contributed by atoms with E-state index in [2.05, 4.69) is 0 Å². The number of carbonyl (C=O) groups is 2. The molecule has 0 aliphatic rings. The molecule has 0 aliphatic carbocycles. The maximum absolute atomic E-state index is 11.3. The highest BCUT2D eigenvalue weighted by Gasteiger charge is 2.12. The lowest BCUT2D eigenvalue weighted by Gasteiger charge is -2.21. The zero-order valence-corrected chi connectivity index (χ0v) is 10.1. The smallest absolute Gasteiger partial charge is 0.409 e. The summed E-state index contributed by atoms with van der Waals surface area (Å²) in [5.74, 6) is -0.0133. The van der Waals surface area contributed by atoms with E-state index in [4.69, 9.17) is 4.74 Å². The van der Waals surface area contributed by atoms with Crippen molar-refractivity contribution in [3.63, 3.8) is 0 Å². The Morgan fingerprint density at radius 2 is 1.60 bits per heavy atom. The summed E-state index contributed by atoms with van der Waals surface area (Å²) in [6.07, 6.45) is -0.479. The topological polar surface area (TPSA) is 49.9 Å². The van der Waals surface area contributed by atoms with Crippen molar-refractivity contribution >= 4 is 12.0 Å². The number of nitrogens with zero attached hydrogens (tertiary/aromatic N) is 2. The molecular weight excluding hydrogens is 196 g/mol. The van der Waals surface area contributed by atoms with E-state index >= 15 is 0 Å². The number of amides is 2. The molecule has 88 valence electrons. The van der Waals surface area contributed by atoms with Gasteiger partial charge >= 0.3 is 6.09 Å². The van der Waals surface area contributed by atoms with Crippen LogP contribution in [0.25, 0.3) is 0 Å². The molecule has 5 nitrogen and oxygen atoms in total. The summed E-state index contributed by atoms with van der Waals surface area (Å²) in [6.45, 7) is 6.08. The molecule has 5 heteroatoms. The molecule has 0 bridgehead atoms. The lowest BCUT2D eigenvalue weighted by Crippen LogP contribution is -2.37. The van der Waals surface area contributed by atoms with Gasteiger partial charge < -0.3 is 14.5 Å². The van der Waals surface area contributed by atoms with E-state index < -0.39 is 0 Å². The third-order valence-electron chi connectivity index (χ3n) is 1.96. The molecule has 0 saturated carbocycles. The molecule has 0 aromatic heterocycles. The van der Waals surface area contributed by atoms with Gasteiger partial charge in [0.15, 0.2) is 0 Å². The van der Waals surface area contributed by atoms with E-state index in [0.29, 0.717) is 13.1 Å². The van der Waals surface area contributed by atoms with Gasteiger partial charge in [0.1, 0.15) is 0 Å². The van der Waals surface area contributed by atoms with Crippen LogP contribution in [0.15, 0.2) is 0 Å². The standard InChI is InChI=1S/C10H20N2O3/c1-8(2)15-10(14)12(5)7-6-11(4)9(3)13/h8H,6-7H2,1-5H3. The van der Waals surface area contributed by atoms with Crippen LogP contribution in [0.3, 0.4) is 0 Å². The molecule has 0 fully saturated rings. The second kappa shape index (κ2) is 6.27. The first kappa shape index (κ1) is 13.7. The fraction of sp³-hybridized carbons (Fsp3) is 0.800. The average Bonchev–Trinajstić information content (AvgIpc) is 2.12. The Morgan fingerprint density at radius 1 is 1.13 bits per heavy atom. The molecule has 15 heavy (non-hydrogen) atoms. The quantitative estimate of drug-likeness (QED) is 0.702. The van der Waals surface area contributed by atoms with Crippen molar-refractivity contribution in [1.82, 2.24) is 9.80 Å². The Kier molecular flexibility index (Phi) is 5.74. The third-order valence-corrected chi connectivity index (χ3v) is 1.96. The predicted molar refractivity (Wildman–Crippen MR) is 57.6 cm³/mol. The van der Waals surface area contributed by atoms with Gasteiger partial charge in [-0.25, -0.2) is 4.79 Å². The maximum atomic E-state index is 11.3. The SMILES string of the molecule is CC(=O)N(C)CCN(C)C(=O)OC(C)C. The molecule has 0 saturated heterocycles. The summed E-state index contributed by atoms with van der Waals surface area (Å²) in [4.78, 5) is 25.2. The number of carbonyl (C=O) groups excluding carboxylic acids is 2. The van der Waals surface area contributed by atoms with Crippen LogP contribution in [0.2, 0.25) is 0 Å². The van der Waals surface area contributed by atoms with Gasteiger partial charge in [-0.2, -0.15) is 0 Å². The Hall–Kier alpha value is -1.26. The number of hydrogen-bond donors (Lipinski definition) is 0. The van der Waals surface area contributed by atoms with Gasteiger partial charge in [-0.3, -0.25) is 4.79 Å². The first-order valence-electron chi connectivity index (χ1n) is 4.98. The third kappa shape index (κ3) is 5.93. The van der Waals surface area contributed by atoms with Gasteiger partial charge in [-0.15, -0.1) is 0 Å². The molecule has 0 aromatic carbocycles. The zero-order valence-electron chi connectivity index (χ0n) is 10.1. The van der Waals surface area contributed by atoms with Crippen LogP contribution >= 0.6 is 0 Å². The molecule has 0 radical (unpaired) electrons. The van der Waals surface area contributed by atoms with E-state index in [-0.39, 0.29) is 18.1 Å². The number of rotatable bonds is 4. The zero-order chi connectivity index (χ0) is 12.0. The Morgan fingerprint density at radius 3 is 2.00 bits per heavy atom. The lowest BCUT2D eigenvalue weighted by atomic mass is 10.5. The Balaban J connectivity index is 3.87. The average molecular weight is 216 g/mol. The van der Waals surface area contributed by atoms with E-state index in [9.17, 15) is 9.59 Å². The molecule has 0 heterocycles. The molecule has 0 N–H and O–H groups in total. The molecule has 0 aromatic rings.